The van der Waals surface area contributed by atoms with E-state index in [-0.39, 0.29) is 22.8 Å². The third kappa shape index (κ3) is 5.41. The van der Waals surface area contributed by atoms with Gasteiger partial charge in [0.1, 0.15) is 11.2 Å². The molecule has 0 aliphatic heterocycles. The van der Waals surface area contributed by atoms with E-state index >= 15 is 0 Å². The van der Waals surface area contributed by atoms with Crippen molar-refractivity contribution < 1.29 is 9.18 Å². The first-order valence-corrected chi connectivity index (χ1v) is 11.9. The van der Waals surface area contributed by atoms with Crippen LogP contribution in [0.2, 0.25) is 5.02 Å². The lowest BCUT2D eigenvalue weighted by atomic mass is 10.2. The van der Waals surface area contributed by atoms with Gasteiger partial charge in [0, 0.05) is 30.3 Å². The number of carbonyl (C=O) groups is 1. The molecule has 184 valence electrons. The maximum atomic E-state index is 14.3. The molecule has 0 saturated heterocycles. The molecular formula is C25H29ClFN7O. The molecule has 4 aromatic heterocycles. The third-order valence-corrected chi connectivity index (χ3v) is 6.03. The van der Waals surface area contributed by atoms with Crippen LogP contribution in [0.4, 0.5) is 4.39 Å². The Hall–Kier alpha value is -3.56. The van der Waals surface area contributed by atoms with Gasteiger partial charge in [-0.15, -0.1) is 0 Å². The summed E-state index contributed by atoms with van der Waals surface area (Å²) in [6.45, 7) is 4.36. The number of imidazole rings is 1. The van der Waals surface area contributed by atoms with E-state index in [0.29, 0.717) is 18.2 Å². The second-order valence-electron chi connectivity index (χ2n) is 8.28. The van der Waals surface area contributed by atoms with E-state index in [0.717, 1.165) is 11.1 Å². The summed E-state index contributed by atoms with van der Waals surface area (Å²) < 4.78 is 17.9. The number of hydrogen-bond donors (Lipinski definition) is 3. The zero-order valence-electron chi connectivity index (χ0n) is 19.7. The van der Waals surface area contributed by atoms with Gasteiger partial charge < -0.3 is 24.9 Å². The fourth-order valence-corrected chi connectivity index (χ4v) is 4.05. The van der Waals surface area contributed by atoms with E-state index < -0.39 is 11.7 Å². The predicted molar refractivity (Wildman–Crippen MR) is 135 cm³/mol. The number of rotatable bonds is 7. The van der Waals surface area contributed by atoms with Gasteiger partial charge in [0.2, 0.25) is 0 Å². The summed E-state index contributed by atoms with van der Waals surface area (Å²) in [6.07, 6.45) is 11.1. The highest BCUT2D eigenvalue weighted by molar-refractivity contribution is 6.31. The minimum atomic E-state index is -0.596. The lowest BCUT2D eigenvalue weighted by molar-refractivity contribution is -0.117. The summed E-state index contributed by atoms with van der Waals surface area (Å²) in [5, 5.41) is 3.97. The second kappa shape index (κ2) is 10.4. The van der Waals surface area contributed by atoms with Crippen LogP contribution in [0.5, 0.6) is 0 Å². The van der Waals surface area contributed by atoms with Crippen molar-refractivity contribution in [2.75, 3.05) is 0 Å². The van der Waals surface area contributed by atoms with Crippen molar-refractivity contribution in [3.63, 3.8) is 0 Å². The van der Waals surface area contributed by atoms with Crippen LogP contribution in [0.25, 0.3) is 11.0 Å². The van der Waals surface area contributed by atoms with Crippen molar-refractivity contribution in [2.45, 2.75) is 45.7 Å². The average Bonchev–Trinajstić information content (AvgIpc) is 3.50. The predicted octanol–water partition coefficient (Wildman–Crippen LogP) is 4.08. The highest BCUT2D eigenvalue weighted by Crippen LogP contribution is 2.40. The van der Waals surface area contributed by atoms with Gasteiger partial charge in [-0.25, -0.2) is 15.2 Å². The molecule has 1 saturated carbocycles. The van der Waals surface area contributed by atoms with E-state index in [4.69, 9.17) is 23.2 Å². The number of halogens is 2. The molecule has 35 heavy (non-hydrogen) atoms. The van der Waals surface area contributed by atoms with Crippen LogP contribution < -0.4 is 16.9 Å². The van der Waals surface area contributed by atoms with Crippen LogP contribution in [0.1, 0.15) is 49.4 Å². The van der Waals surface area contributed by atoms with Crippen LogP contribution in [-0.4, -0.2) is 24.7 Å². The Bertz CT molecular complexity index is 1390. The quantitative estimate of drug-likeness (QED) is 0.203. The normalized spacial score (nSPS) is 13.6. The Kier molecular flexibility index (Phi) is 7.28. The molecule has 1 amide bonds. The highest BCUT2D eigenvalue weighted by atomic mass is 35.5. The molecule has 0 radical (unpaired) electrons. The largest absolute Gasteiger partial charge is 0.393 e. The van der Waals surface area contributed by atoms with Gasteiger partial charge >= 0.3 is 0 Å². The lowest BCUT2D eigenvalue weighted by Crippen LogP contribution is -2.32. The summed E-state index contributed by atoms with van der Waals surface area (Å²) in [7, 11) is 0. The minimum Gasteiger partial charge on any atom is -0.393 e. The highest BCUT2D eigenvalue weighted by Gasteiger charge is 2.23. The summed E-state index contributed by atoms with van der Waals surface area (Å²) in [4.78, 5) is 16.6. The van der Waals surface area contributed by atoms with E-state index in [2.05, 4.69) is 33.0 Å². The molecule has 4 heterocycles. The molecule has 0 atom stereocenters. The topological polar surface area (TPSA) is 106 Å². The summed E-state index contributed by atoms with van der Waals surface area (Å²) >= 11 is 5.85. The summed E-state index contributed by atoms with van der Waals surface area (Å²) in [6, 6.07) is 7.75. The molecule has 1 aliphatic rings. The van der Waals surface area contributed by atoms with Crippen LogP contribution in [-0.2, 0) is 17.9 Å². The van der Waals surface area contributed by atoms with Gasteiger partial charge in [-0.1, -0.05) is 31.5 Å². The van der Waals surface area contributed by atoms with Crippen molar-refractivity contribution in [2.24, 2.45) is 11.6 Å². The number of hydrazine groups is 1. The van der Waals surface area contributed by atoms with Crippen molar-refractivity contribution in [3.8, 4) is 0 Å². The lowest BCUT2D eigenvalue weighted by Gasteiger charge is -2.14. The third-order valence-electron chi connectivity index (χ3n) is 5.74. The number of nitrogens with two attached hydrogens (primary N) is 2. The zero-order chi connectivity index (χ0) is 25.1. The summed E-state index contributed by atoms with van der Waals surface area (Å²) in [5.41, 5.74) is 9.81. The van der Waals surface area contributed by atoms with Crippen molar-refractivity contribution in [3.05, 3.63) is 88.7 Å². The number of amides is 1. The van der Waals surface area contributed by atoms with Gasteiger partial charge in [0.15, 0.2) is 5.82 Å². The SMILES string of the molecule is CC.N/C(=C\N(N)Cc1cc2ccc(C3CC3)cn2c1)C(=O)NCc1ncn2ccc(Cl)c(F)c12. The van der Waals surface area contributed by atoms with Gasteiger partial charge in [-0.3, -0.25) is 4.79 Å². The Morgan fingerprint density at radius 3 is 2.80 bits per heavy atom. The Morgan fingerprint density at radius 1 is 1.29 bits per heavy atom. The first-order chi connectivity index (χ1) is 16.9. The van der Waals surface area contributed by atoms with Gasteiger partial charge in [0.05, 0.1) is 30.1 Å². The number of fused-ring (bicyclic) bond motifs is 2. The molecule has 8 nitrogen and oxygen atoms in total. The Labute approximate surface area is 207 Å². The van der Waals surface area contributed by atoms with Crippen molar-refractivity contribution in [1.29, 1.82) is 0 Å². The van der Waals surface area contributed by atoms with Gasteiger partial charge in [-0.2, -0.15) is 0 Å². The standard InChI is InChI=1S/C23H23ClFN7O.C2H6/c24-18-5-6-30-13-29-20(22(30)21(18)25)8-28-23(33)19(26)12-32(27)10-14-7-17-4-3-16(15-1-2-15)11-31(17)9-14;1-2/h3-7,9,11-13,15H,1-2,8,10,26-27H2,(H,28,33);1-2H3/b19-12-;. The first kappa shape index (κ1) is 24.6. The van der Waals surface area contributed by atoms with Crippen LogP contribution >= 0.6 is 11.6 Å². The van der Waals surface area contributed by atoms with Crippen molar-refractivity contribution in [1.82, 2.24) is 24.1 Å². The first-order valence-electron chi connectivity index (χ1n) is 11.6. The molecule has 10 heteroatoms. The van der Waals surface area contributed by atoms with Gasteiger partial charge in [0.25, 0.3) is 5.91 Å². The minimum absolute atomic E-state index is 0.0140. The molecule has 0 aromatic carbocycles. The molecule has 1 aliphatic carbocycles. The van der Waals surface area contributed by atoms with Crippen molar-refractivity contribution >= 4 is 28.5 Å². The maximum absolute atomic E-state index is 14.3. The molecule has 5 N–H and O–H groups in total. The van der Waals surface area contributed by atoms with E-state index in [1.165, 1.54) is 46.4 Å². The van der Waals surface area contributed by atoms with E-state index in [9.17, 15) is 9.18 Å². The average molecular weight is 498 g/mol. The number of pyridine rings is 2. The number of nitrogens with one attached hydrogen (secondary N) is 1. The molecule has 0 bridgehead atoms. The smallest absolute Gasteiger partial charge is 0.269 e. The Balaban J connectivity index is 0.00000141. The number of nitrogens with zero attached hydrogens (tertiary/aromatic N) is 4. The second-order valence-corrected chi connectivity index (χ2v) is 8.69. The van der Waals surface area contributed by atoms with Crippen LogP contribution in [0, 0.1) is 5.82 Å². The molecule has 4 aromatic rings. The summed E-state index contributed by atoms with van der Waals surface area (Å²) in [5.74, 6) is 5.61. The molecule has 1 fully saturated rings. The molecule has 0 unspecified atom stereocenters. The number of hydrogen-bond acceptors (Lipinski definition) is 5. The van der Waals surface area contributed by atoms with Crippen LogP contribution in [0.15, 0.2) is 61.1 Å². The van der Waals surface area contributed by atoms with Gasteiger partial charge in [-0.05, 0) is 48.1 Å². The zero-order valence-corrected chi connectivity index (χ0v) is 20.5. The molecule has 0 spiro atoms. The Morgan fingerprint density at radius 2 is 2.06 bits per heavy atom. The fraction of sp³-hybridized carbons (Fsp3) is 0.280. The number of carbonyl (C=O) groups excluding carboxylic acids is 1. The number of aromatic nitrogens is 3. The maximum Gasteiger partial charge on any atom is 0.269 e. The monoisotopic (exact) mass is 497 g/mol. The van der Waals surface area contributed by atoms with Crippen LogP contribution in [0.3, 0.4) is 0 Å². The fourth-order valence-electron chi connectivity index (χ4n) is 3.90. The van der Waals surface area contributed by atoms with E-state index in [1.807, 2.05) is 26.1 Å². The molecule has 5 rings (SSSR count). The molecular weight excluding hydrogens is 469 g/mol. The van der Waals surface area contributed by atoms with E-state index in [1.54, 1.807) is 6.20 Å².